The summed E-state index contributed by atoms with van der Waals surface area (Å²) in [5.74, 6) is -0.457. The van der Waals surface area contributed by atoms with Gasteiger partial charge in [-0.1, -0.05) is 26.8 Å². The first kappa shape index (κ1) is 18.8. The van der Waals surface area contributed by atoms with Gasteiger partial charge in [0.2, 0.25) is 0 Å². The van der Waals surface area contributed by atoms with Crippen LogP contribution in [-0.4, -0.2) is 40.7 Å². The number of carbonyl (C=O) groups excluding carboxylic acids is 1. The first-order valence-electron chi connectivity index (χ1n) is 8.87. The van der Waals surface area contributed by atoms with Gasteiger partial charge in [0, 0.05) is 12.8 Å². The van der Waals surface area contributed by atoms with Gasteiger partial charge in [-0.3, -0.25) is 4.79 Å². The molecule has 2 aliphatic rings. The van der Waals surface area contributed by atoms with E-state index in [0.29, 0.717) is 5.04 Å². The molecule has 0 amide bonds. The maximum atomic E-state index is 10.8. The largest absolute Gasteiger partial charge is 0.420 e. The van der Waals surface area contributed by atoms with E-state index in [-0.39, 0.29) is 12.2 Å². The van der Waals surface area contributed by atoms with Crippen LogP contribution in [0.3, 0.4) is 0 Å². The maximum Gasteiger partial charge on any atom is 0.171 e. The molecule has 0 N–H and O–H groups in total. The van der Waals surface area contributed by atoms with Crippen molar-refractivity contribution in [1.82, 2.24) is 0 Å². The molecule has 2 rings (SSSR count). The summed E-state index contributed by atoms with van der Waals surface area (Å²) in [6, 6.07) is 0. The molecule has 3 atom stereocenters. The lowest BCUT2D eigenvalue weighted by molar-refractivity contribution is -0.306. The third-order valence-corrected chi connectivity index (χ3v) is 5.91. The van der Waals surface area contributed by atoms with Gasteiger partial charge in [0.25, 0.3) is 0 Å². The average molecular weight is 341 g/mol. The third-order valence-electron chi connectivity index (χ3n) is 4.40. The standard InChI is InChI=1S/C18H32O4Si/c1-14(13-19)7-8-15-11-16(22-23-17(2,3)4)12-18(21-15)9-5-6-10-20-18/h7,13,15-16H,5-6,8-12,23H2,1-4H3/b14-7+. The fourth-order valence-electron chi connectivity index (χ4n) is 3.21. The van der Waals surface area contributed by atoms with Crippen LogP contribution in [0.1, 0.15) is 66.2 Å². The molecular weight excluding hydrogens is 308 g/mol. The fourth-order valence-corrected chi connectivity index (χ4v) is 4.20. The second-order valence-corrected chi connectivity index (χ2v) is 10.9. The smallest absolute Gasteiger partial charge is 0.171 e. The zero-order valence-electron chi connectivity index (χ0n) is 15.1. The summed E-state index contributed by atoms with van der Waals surface area (Å²) in [5, 5.41) is 0.294. The highest BCUT2D eigenvalue weighted by molar-refractivity contribution is 6.31. The van der Waals surface area contributed by atoms with Gasteiger partial charge < -0.3 is 13.9 Å². The first-order chi connectivity index (χ1) is 10.8. The minimum absolute atomic E-state index is 0.0794. The summed E-state index contributed by atoms with van der Waals surface area (Å²) in [6.45, 7) is 9.36. The van der Waals surface area contributed by atoms with Gasteiger partial charge in [-0.2, -0.15) is 0 Å². The number of hydrogen-bond donors (Lipinski definition) is 0. The summed E-state index contributed by atoms with van der Waals surface area (Å²) in [6.07, 6.45) is 8.90. The second kappa shape index (κ2) is 8.06. The van der Waals surface area contributed by atoms with E-state index in [1.54, 1.807) is 0 Å². The van der Waals surface area contributed by atoms with Crippen molar-refractivity contribution in [2.24, 2.45) is 0 Å². The van der Waals surface area contributed by atoms with Crippen molar-refractivity contribution < 1.29 is 18.7 Å². The number of aldehydes is 1. The van der Waals surface area contributed by atoms with Crippen LogP contribution in [0.15, 0.2) is 11.6 Å². The molecule has 0 aromatic carbocycles. The Morgan fingerprint density at radius 1 is 1.39 bits per heavy atom. The zero-order chi connectivity index (χ0) is 16.9. The highest BCUT2D eigenvalue weighted by atomic mass is 28.2. The van der Waals surface area contributed by atoms with Crippen molar-refractivity contribution in [3.8, 4) is 0 Å². The van der Waals surface area contributed by atoms with E-state index in [4.69, 9.17) is 13.9 Å². The van der Waals surface area contributed by atoms with Crippen LogP contribution >= 0.6 is 0 Å². The molecule has 1 spiro atoms. The molecule has 0 aliphatic carbocycles. The molecule has 4 nitrogen and oxygen atoms in total. The fraction of sp³-hybridized carbons (Fsp3) is 0.833. The molecule has 0 saturated carbocycles. The molecule has 3 unspecified atom stereocenters. The zero-order valence-corrected chi connectivity index (χ0v) is 16.5. The van der Waals surface area contributed by atoms with Crippen molar-refractivity contribution in [3.63, 3.8) is 0 Å². The van der Waals surface area contributed by atoms with E-state index < -0.39 is 15.6 Å². The molecule has 132 valence electrons. The highest BCUT2D eigenvalue weighted by Gasteiger charge is 2.43. The number of rotatable bonds is 5. The Morgan fingerprint density at radius 3 is 2.78 bits per heavy atom. The predicted molar refractivity (Wildman–Crippen MR) is 94.2 cm³/mol. The van der Waals surface area contributed by atoms with Crippen molar-refractivity contribution in [2.75, 3.05) is 6.61 Å². The van der Waals surface area contributed by atoms with Gasteiger partial charge >= 0.3 is 0 Å². The summed E-state index contributed by atoms with van der Waals surface area (Å²) in [5.41, 5.74) is 0.763. The van der Waals surface area contributed by atoms with Crippen molar-refractivity contribution >= 4 is 16.0 Å². The normalized spacial score (nSPS) is 33.5. The lowest BCUT2D eigenvalue weighted by atomic mass is 9.91. The Balaban J connectivity index is 2.02. The van der Waals surface area contributed by atoms with Crippen LogP contribution in [0.4, 0.5) is 0 Å². The molecule has 0 bridgehead atoms. The molecule has 2 heterocycles. The number of ether oxygens (including phenoxy) is 2. The van der Waals surface area contributed by atoms with Crippen LogP contribution in [0.25, 0.3) is 0 Å². The highest BCUT2D eigenvalue weighted by Crippen LogP contribution is 2.39. The van der Waals surface area contributed by atoms with Crippen molar-refractivity contribution in [3.05, 3.63) is 11.6 Å². The van der Waals surface area contributed by atoms with Crippen LogP contribution in [0.5, 0.6) is 0 Å². The van der Waals surface area contributed by atoms with Crippen LogP contribution in [-0.2, 0) is 18.7 Å². The van der Waals surface area contributed by atoms with Gasteiger partial charge in [0.1, 0.15) is 6.29 Å². The van der Waals surface area contributed by atoms with Crippen molar-refractivity contribution in [1.29, 1.82) is 0 Å². The molecule has 2 saturated heterocycles. The van der Waals surface area contributed by atoms with Crippen LogP contribution < -0.4 is 0 Å². The molecule has 5 heteroatoms. The van der Waals surface area contributed by atoms with E-state index in [1.165, 1.54) is 0 Å². The minimum Gasteiger partial charge on any atom is -0.420 e. The van der Waals surface area contributed by atoms with Gasteiger partial charge in [0.15, 0.2) is 15.6 Å². The maximum absolute atomic E-state index is 10.8. The summed E-state index contributed by atoms with van der Waals surface area (Å²) < 4.78 is 18.7. The van der Waals surface area contributed by atoms with Crippen LogP contribution in [0, 0.1) is 0 Å². The van der Waals surface area contributed by atoms with E-state index in [2.05, 4.69) is 20.8 Å². The second-order valence-electron chi connectivity index (χ2n) is 8.19. The number of hydrogen-bond acceptors (Lipinski definition) is 4. The van der Waals surface area contributed by atoms with E-state index >= 15 is 0 Å². The van der Waals surface area contributed by atoms with E-state index in [1.807, 2.05) is 13.0 Å². The Morgan fingerprint density at radius 2 is 2.17 bits per heavy atom. The number of carbonyl (C=O) groups is 1. The van der Waals surface area contributed by atoms with E-state index in [0.717, 1.165) is 57.0 Å². The van der Waals surface area contributed by atoms with Gasteiger partial charge in [-0.15, -0.1) is 0 Å². The molecule has 0 aromatic heterocycles. The molecule has 0 radical (unpaired) electrons. The lowest BCUT2D eigenvalue weighted by Gasteiger charge is -2.46. The van der Waals surface area contributed by atoms with Gasteiger partial charge in [0.05, 0.1) is 18.8 Å². The third kappa shape index (κ3) is 6.14. The lowest BCUT2D eigenvalue weighted by Crippen LogP contribution is -2.50. The topological polar surface area (TPSA) is 44.8 Å². The van der Waals surface area contributed by atoms with Crippen molar-refractivity contribution in [2.45, 2.75) is 89.3 Å². The molecule has 0 aromatic rings. The summed E-state index contributed by atoms with van der Waals surface area (Å²) in [4.78, 5) is 10.8. The molecular formula is C18H32O4Si. The minimum atomic E-state index is -0.587. The molecule has 23 heavy (non-hydrogen) atoms. The quantitative estimate of drug-likeness (QED) is 0.438. The monoisotopic (exact) mass is 340 g/mol. The average Bonchev–Trinajstić information content (AvgIpc) is 2.50. The molecule has 2 aliphatic heterocycles. The first-order valence-corrected chi connectivity index (χ1v) is 10.2. The SMILES string of the molecule is C/C(C=O)=C\CC1CC(O[SiH2]C(C)(C)C)CC2(CCCCO2)O1. The Hall–Kier alpha value is -0.493. The van der Waals surface area contributed by atoms with Gasteiger partial charge in [-0.25, -0.2) is 0 Å². The van der Waals surface area contributed by atoms with Crippen LogP contribution in [0.2, 0.25) is 5.04 Å². The van der Waals surface area contributed by atoms with Gasteiger partial charge in [-0.05, 0) is 43.2 Å². The predicted octanol–water partition coefficient (Wildman–Crippen LogP) is 3.28. The van der Waals surface area contributed by atoms with E-state index in [9.17, 15) is 4.79 Å². The Kier molecular flexibility index (Phi) is 6.60. The molecule has 2 fully saturated rings. The summed E-state index contributed by atoms with van der Waals surface area (Å²) >= 11 is 0. The Labute approximate surface area is 142 Å². The summed E-state index contributed by atoms with van der Waals surface area (Å²) in [7, 11) is -0.587. The Bertz CT molecular complexity index is 421. The number of allylic oxidation sites excluding steroid dienone is 1.